The third-order valence-electron chi connectivity index (χ3n) is 4.49. The number of amides is 1. The number of ether oxygens (including phenoxy) is 1. The molecule has 0 radical (unpaired) electrons. The molecule has 0 atom stereocenters. The maximum absolute atomic E-state index is 12.9. The van der Waals surface area contributed by atoms with Crippen molar-refractivity contribution >= 4 is 5.91 Å². The first-order valence-corrected chi connectivity index (χ1v) is 8.52. The van der Waals surface area contributed by atoms with E-state index in [0.717, 1.165) is 6.42 Å². The second kappa shape index (κ2) is 7.04. The number of rotatable bonds is 4. The van der Waals surface area contributed by atoms with Crippen LogP contribution >= 0.6 is 0 Å². The summed E-state index contributed by atoms with van der Waals surface area (Å²) in [5, 5.41) is 0. The van der Waals surface area contributed by atoms with Crippen LogP contribution in [0.2, 0.25) is 0 Å². The van der Waals surface area contributed by atoms with Gasteiger partial charge in [0.1, 0.15) is 23.9 Å². The summed E-state index contributed by atoms with van der Waals surface area (Å²) in [5.74, 6) is 0.972. The van der Waals surface area contributed by atoms with Crippen LogP contribution in [0, 0.1) is 5.82 Å². The number of fused-ring (bicyclic) bond motifs is 1. The zero-order valence-electron chi connectivity index (χ0n) is 14.2. The summed E-state index contributed by atoms with van der Waals surface area (Å²) in [7, 11) is 0. The van der Waals surface area contributed by atoms with E-state index in [2.05, 4.69) is 12.1 Å². The Kier molecular flexibility index (Phi) is 4.44. The van der Waals surface area contributed by atoms with Gasteiger partial charge in [0, 0.05) is 13.1 Å². The van der Waals surface area contributed by atoms with E-state index in [4.69, 9.17) is 9.15 Å². The lowest BCUT2D eigenvalue weighted by atomic mass is 10.00. The van der Waals surface area contributed by atoms with Gasteiger partial charge in [0.2, 0.25) is 0 Å². The molecule has 3 aromatic rings. The first kappa shape index (κ1) is 16.4. The maximum Gasteiger partial charge on any atom is 0.289 e. The average Bonchev–Trinajstić information content (AvgIpc) is 3.15. The van der Waals surface area contributed by atoms with Gasteiger partial charge in [-0.3, -0.25) is 4.79 Å². The maximum atomic E-state index is 12.9. The zero-order chi connectivity index (χ0) is 17.9. The highest BCUT2D eigenvalue weighted by Gasteiger charge is 2.23. The first-order valence-electron chi connectivity index (χ1n) is 8.52. The molecule has 0 fully saturated rings. The van der Waals surface area contributed by atoms with Gasteiger partial charge in [-0.05, 0) is 53.9 Å². The highest BCUT2D eigenvalue weighted by Crippen LogP contribution is 2.21. The van der Waals surface area contributed by atoms with E-state index in [0.29, 0.717) is 30.4 Å². The standard InChI is InChI=1S/C21H18FNO3/c22-17-5-7-18(8-6-17)25-14-19-9-10-20(26-19)21(24)23-12-11-15-3-1-2-4-16(15)13-23/h1-10H,11-14H2. The van der Waals surface area contributed by atoms with Crippen molar-refractivity contribution in [1.29, 1.82) is 0 Å². The molecule has 2 heterocycles. The smallest absolute Gasteiger partial charge is 0.289 e. The first-order chi connectivity index (χ1) is 12.7. The Morgan fingerprint density at radius 2 is 1.81 bits per heavy atom. The van der Waals surface area contributed by atoms with Crippen LogP contribution < -0.4 is 4.74 Å². The Hall–Kier alpha value is -3.08. The van der Waals surface area contributed by atoms with Crippen LogP contribution in [0.3, 0.4) is 0 Å². The fourth-order valence-electron chi connectivity index (χ4n) is 3.08. The quantitative estimate of drug-likeness (QED) is 0.708. The Labute approximate surface area is 150 Å². The van der Waals surface area contributed by atoms with Crippen molar-refractivity contribution in [2.24, 2.45) is 0 Å². The largest absolute Gasteiger partial charge is 0.486 e. The van der Waals surface area contributed by atoms with Crippen molar-refractivity contribution < 1.29 is 18.3 Å². The summed E-state index contributed by atoms with van der Waals surface area (Å²) >= 11 is 0. The van der Waals surface area contributed by atoms with E-state index in [1.807, 2.05) is 12.1 Å². The number of benzene rings is 2. The monoisotopic (exact) mass is 351 g/mol. The molecular formula is C21H18FNO3. The molecule has 132 valence electrons. The van der Waals surface area contributed by atoms with Crippen LogP contribution in [0.15, 0.2) is 65.1 Å². The van der Waals surface area contributed by atoms with Gasteiger partial charge in [-0.25, -0.2) is 4.39 Å². The van der Waals surface area contributed by atoms with Gasteiger partial charge in [0.05, 0.1) is 0 Å². The van der Waals surface area contributed by atoms with Crippen molar-refractivity contribution in [2.75, 3.05) is 6.54 Å². The summed E-state index contributed by atoms with van der Waals surface area (Å²) in [6, 6.07) is 17.3. The molecule has 1 amide bonds. The predicted octanol–water partition coefficient (Wildman–Crippen LogP) is 4.20. The zero-order valence-corrected chi connectivity index (χ0v) is 14.2. The fraction of sp³-hybridized carbons (Fsp3) is 0.190. The minimum Gasteiger partial charge on any atom is -0.486 e. The van der Waals surface area contributed by atoms with Gasteiger partial charge < -0.3 is 14.1 Å². The van der Waals surface area contributed by atoms with E-state index in [-0.39, 0.29) is 18.3 Å². The van der Waals surface area contributed by atoms with Crippen LogP contribution in [0.4, 0.5) is 4.39 Å². The van der Waals surface area contributed by atoms with Crippen molar-refractivity contribution in [3.05, 3.63) is 89.1 Å². The molecule has 0 unspecified atom stereocenters. The Morgan fingerprint density at radius 3 is 2.62 bits per heavy atom. The van der Waals surface area contributed by atoms with Crippen LogP contribution in [0.5, 0.6) is 5.75 Å². The molecule has 0 saturated carbocycles. The molecule has 4 rings (SSSR count). The minimum absolute atomic E-state index is 0.118. The van der Waals surface area contributed by atoms with Crippen LogP contribution in [0.1, 0.15) is 27.4 Å². The van der Waals surface area contributed by atoms with Gasteiger partial charge in [0.15, 0.2) is 5.76 Å². The molecule has 1 aromatic heterocycles. The summed E-state index contributed by atoms with van der Waals surface area (Å²) in [5.41, 5.74) is 2.47. The molecule has 1 aliphatic rings. The Morgan fingerprint density at radius 1 is 1.04 bits per heavy atom. The number of hydrogen-bond donors (Lipinski definition) is 0. The third-order valence-corrected chi connectivity index (χ3v) is 4.49. The SMILES string of the molecule is O=C(c1ccc(COc2ccc(F)cc2)o1)N1CCc2ccccc2C1. The second-order valence-corrected chi connectivity index (χ2v) is 6.25. The van der Waals surface area contributed by atoms with Crippen LogP contribution in [-0.4, -0.2) is 17.4 Å². The summed E-state index contributed by atoms with van der Waals surface area (Å²) in [4.78, 5) is 14.5. The van der Waals surface area contributed by atoms with Crippen molar-refractivity contribution in [2.45, 2.75) is 19.6 Å². The van der Waals surface area contributed by atoms with Gasteiger partial charge in [-0.15, -0.1) is 0 Å². The summed E-state index contributed by atoms with van der Waals surface area (Å²) in [6.07, 6.45) is 0.850. The van der Waals surface area contributed by atoms with E-state index >= 15 is 0 Å². The molecule has 0 aliphatic carbocycles. The van der Waals surface area contributed by atoms with Gasteiger partial charge >= 0.3 is 0 Å². The average molecular weight is 351 g/mol. The predicted molar refractivity (Wildman–Crippen MR) is 94.3 cm³/mol. The lowest BCUT2D eigenvalue weighted by Gasteiger charge is -2.28. The van der Waals surface area contributed by atoms with Crippen LogP contribution in [-0.2, 0) is 19.6 Å². The number of hydrogen-bond acceptors (Lipinski definition) is 3. The Bertz CT molecular complexity index is 917. The summed E-state index contributed by atoms with van der Waals surface area (Å²) in [6.45, 7) is 1.46. The van der Waals surface area contributed by atoms with E-state index in [1.54, 1.807) is 29.2 Å². The van der Waals surface area contributed by atoms with Gasteiger partial charge in [-0.2, -0.15) is 0 Å². The second-order valence-electron chi connectivity index (χ2n) is 6.25. The van der Waals surface area contributed by atoms with Gasteiger partial charge in [0.25, 0.3) is 5.91 Å². The lowest BCUT2D eigenvalue weighted by Crippen LogP contribution is -2.35. The molecular weight excluding hydrogens is 333 g/mol. The molecule has 0 spiro atoms. The third kappa shape index (κ3) is 3.47. The number of carbonyl (C=O) groups is 1. The lowest BCUT2D eigenvalue weighted by molar-refractivity contribution is 0.0698. The van der Waals surface area contributed by atoms with E-state index in [9.17, 15) is 9.18 Å². The van der Waals surface area contributed by atoms with Crippen LogP contribution in [0.25, 0.3) is 0 Å². The molecule has 4 nitrogen and oxygen atoms in total. The van der Waals surface area contributed by atoms with Crippen molar-refractivity contribution in [1.82, 2.24) is 4.90 Å². The Balaban J connectivity index is 1.39. The number of furan rings is 1. The minimum atomic E-state index is -0.314. The fourth-order valence-corrected chi connectivity index (χ4v) is 3.08. The number of nitrogens with zero attached hydrogens (tertiary/aromatic N) is 1. The van der Waals surface area contributed by atoms with E-state index < -0.39 is 0 Å². The highest BCUT2D eigenvalue weighted by molar-refractivity contribution is 5.91. The number of halogens is 1. The van der Waals surface area contributed by atoms with Gasteiger partial charge in [-0.1, -0.05) is 24.3 Å². The molecule has 0 N–H and O–H groups in total. The topological polar surface area (TPSA) is 42.7 Å². The normalized spacial score (nSPS) is 13.3. The molecule has 0 bridgehead atoms. The van der Waals surface area contributed by atoms with E-state index in [1.165, 1.54) is 23.3 Å². The van der Waals surface area contributed by atoms with Crippen molar-refractivity contribution in [3.8, 4) is 5.75 Å². The van der Waals surface area contributed by atoms with Crippen molar-refractivity contribution in [3.63, 3.8) is 0 Å². The summed E-state index contributed by atoms with van der Waals surface area (Å²) < 4.78 is 24.1. The molecule has 2 aromatic carbocycles. The molecule has 0 saturated heterocycles. The highest BCUT2D eigenvalue weighted by atomic mass is 19.1. The molecule has 1 aliphatic heterocycles. The molecule has 5 heteroatoms. The molecule has 26 heavy (non-hydrogen) atoms. The number of carbonyl (C=O) groups excluding carboxylic acids is 1.